The van der Waals surface area contributed by atoms with Crippen LogP contribution in [-0.4, -0.2) is 16.5 Å². The summed E-state index contributed by atoms with van der Waals surface area (Å²) < 4.78 is 26.4. The minimum atomic E-state index is -0.433. The zero-order chi connectivity index (χ0) is 13.1. The summed E-state index contributed by atoms with van der Waals surface area (Å²) in [7, 11) is 0. The Morgan fingerprint density at radius 1 is 1.39 bits per heavy atom. The van der Waals surface area contributed by atoms with Crippen molar-refractivity contribution in [3.8, 4) is 0 Å². The van der Waals surface area contributed by atoms with Gasteiger partial charge < -0.3 is 5.32 Å². The number of hydrogen-bond donors (Lipinski definition) is 1. The largest absolute Gasteiger partial charge is 0.362 e. The quantitative estimate of drug-likeness (QED) is 0.891. The van der Waals surface area contributed by atoms with Crippen molar-refractivity contribution >= 4 is 16.9 Å². The van der Waals surface area contributed by atoms with Gasteiger partial charge in [0.25, 0.3) is 0 Å². The van der Waals surface area contributed by atoms with Gasteiger partial charge in [0.15, 0.2) is 5.17 Å². The third-order valence-electron chi connectivity index (χ3n) is 2.77. The van der Waals surface area contributed by atoms with E-state index in [1.807, 2.05) is 0 Å². The number of rotatable bonds is 2. The van der Waals surface area contributed by atoms with E-state index < -0.39 is 11.6 Å². The number of nitrogens with one attached hydrogen (secondary N) is 1. The predicted octanol–water partition coefficient (Wildman–Crippen LogP) is 3.32. The van der Waals surface area contributed by atoms with Gasteiger partial charge in [-0.15, -0.1) is 0 Å². The maximum atomic E-state index is 13.4. The fraction of sp³-hybridized carbons (Fsp3) is 0.462. The van der Waals surface area contributed by atoms with Crippen LogP contribution in [0.15, 0.2) is 23.2 Å². The first-order valence-corrected chi connectivity index (χ1v) is 6.84. The van der Waals surface area contributed by atoms with Crippen molar-refractivity contribution in [2.75, 3.05) is 0 Å². The first kappa shape index (κ1) is 13.3. The zero-order valence-electron chi connectivity index (χ0n) is 10.4. The van der Waals surface area contributed by atoms with E-state index in [4.69, 9.17) is 0 Å². The second-order valence-corrected chi connectivity index (χ2v) is 5.99. The van der Waals surface area contributed by atoms with Crippen LogP contribution in [0.25, 0.3) is 0 Å². The topological polar surface area (TPSA) is 24.4 Å². The Morgan fingerprint density at radius 2 is 2.17 bits per heavy atom. The molecule has 0 amide bonds. The molecule has 1 aromatic rings. The number of aliphatic imine (C=N–C) groups is 1. The van der Waals surface area contributed by atoms with E-state index in [1.165, 1.54) is 6.07 Å². The van der Waals surface area contributed by atoms with Crippen molar-refractivity contribution in [2.24, 2.45) is 4.99 Å². The number of benzene rings is 1. The molecule has 1 aliphatic heterocycles. The van der Waals surface area contributed by atoms with Crippen LogP contribution in [-0.2, 0) is 6.54 Å². The summed E-state index contributed by atoms with van der Waals surface area (Å²) in [5, 5.41) is 4.56. The van der Waals surface area contributed by atoms with Crippen LogP contribution in [0.5, 0.6) is 0 Å². The summed E-state index contributed by atoms with van der Waals surface area (Å²) >= 11 is 1.64. The third kappa shape index (κ3) is 3.45. The van der Waals surface area contributed by atoms with E-state index in [0.29, 0.717) is 11.3 Å². The summed E-state index contributed by atoms with van der Waals surface area (Å²) in [4.78, 5) is 4.32. The third-order valence-corrected chi connectivity index (χ3v) is 3.83. The highest BCUT2D eigenvalue weighted by Gasteiger charge is 2.19. The first-order valence-electron chi connectivity index (χ1n) is 5.96. The van der Waals surface area contributed by atoms with Crippen LogP contribution in [0.4, 0.5) is 8.78 Å². The molecule has 2 nitrogen and oxygen atoms in total. The second-order valence-electron chi connectivity index (χ2n) is 4.57. The molecule has 0 bridgehead atoms. The van der Waals surface area contributed by atoms with Crippen LogP contribution < -0.4 is 5.32 Å². The summed E-state index contributed by atoms with van der Waals surface area (Å²) in [5.74, 6) is -0.847. The van der Waals surface area contributed by atoms with Gasteiger partial charge >= 0.3 is 0 Å². The number of nitrogens with zero attached hydrogens (tertiary/aromatic N) is 1. The lowest BCUT2D eigenvalue weighted by Gasteiger charge is -2.26. The van der Waals surface area contributed by atoms with Gasteiger partial charge in [0.1, 0.15) is 11.6 Å². The molecule has 1 heterocycles. The summed E-state index contributed by atoms with van der Waals surface area (Å²) in [6.07, 6.45) is 1.08. The molecule has 1 saturated heterocycles. The molecular weight excluding hydrogens is 254 g/mol. The average Bonchev–Trinajstić information content (AvgIpc) is 2.29. The number of thioether (sulfide) groups is 1. The maximum Gasteiger partial charge on any atom is 0.157 e. The molecule has 98 valence electrons. The molecule has 1 fully saturated rings. The molecule has 0 saturated carbocycles. The summed E-state index contributed by atoms with van der Waals surface area (Å²) in [6.45, 7) is 4.40. The van der Waals surface area contributed by atoms with Crippen LogP contribution in [0.2, 0.25) is 0 Å². The fourth-order valence-corrected chi connectivity index (χ4v) is 3.12. The van der Waals surface area contributed by atoms with E-state index in [0.717, 1.165) is 23.7 Å². The summed E-state index contributed by atoms with van der Waals surface area (Å²) in [5.41, 5.74) is 0.288. The highest BCUT2D eigenvalue weighted by atomic mass is 32.2. The Morgan fingerprint density at radius 3 is 2.89 bits per heavy atom. The molecule has 0 spiro atoms. The smallest absolute Gasteiger partial charge is 0.157 e. The van der Waals surface area contributed by atoms with Gasteiger partial charge in [-0.25, -0.2) is 8.78 Å². The maximum absolute atomic E-state index is 13.4. The number of hydrogen-bond acceptors (Lipinski definition) is 2. The van der Waals surface area contributed by atoms with E-state index in [2.05, 4.69) is 24.2 Å². The van der Waals surface area contributed by atoms with E-state index >= 15 is 0 Å². The lowest BCUT2D eigenvalue weighted by atomic mass is 10.2. The van der Waals surface area contributed by atoms with Crippen molar-refractivity contribution in [2.45, 2.75) is 38.1 Å². The van der Waals surface area contributed by atoms with Crippen molar-refractivity contribution in [1.29, 1.82) is 0 Å². The number of amidine groups is 1. The van der Waals surface area contributed by atoms with Crippen molar-refractivity contribution in [3.05, 3.63) is 35.4 Å². The lowest BCUT2D eigenvalue weighted by Crippen LogP contribution is -2.38. The van der Waals surface area contributed by atoms with Gasteiger partial charge in [-0.05, 0) is 31.5 Å². The van der Waals surface area contributed by atoms with Crippen LogP contribution in [0, 0.1) is 11.6 Å². The Hall–Kier alpha value is -1.10. The molecule has 5 heteroatoms. The minimum absolute atomic E-state index is 0.165. The predicted molar refractivity (Wildman–Crippen MR) is 71.8 cm³/mol. The lowest BCUT2D eigenvalue weighted by molar-refractivity contribution is 0.583. The molecule has 18 heavy (non-hydrogen) atoms. The van der Waals surface area contributed by atoms with Gasteiger partial charge in [-0.2, -0.15) is 0 Å². The second kappa shape index (κ2) is 5.69. The average molecular weight is 270 g/mol. The van der Waals surface area contributed by atoms with Gasteiger partial charge in [0.2, 0.25) is 0 Å². The highest BCUT2D eigenvalue weighted by Crippen LogP contribution is 2.22. The standard InChI is InChI=1S/C13H16F2N2S/c1-8-5-9(2)18-13(17-8)16-7-10-6-11(14)3-4-12(10)15/h3-4,6,8-9H,5,7H2,1-2H3,(H,16,17). The number of halogens is 2. The molecule has 2 rings (SSSR count). The molecule has 0 aliphatic carbocycles. The van der Waals surface area contributed by atoms with Gasteiger partial charge in [0, 0.05) is 16.9 Å². The van der Waals surface area contributed by atoms with Crippen LogP contribution in [0.3, 0.4) is 0 Å². The van der Waals surface area contributed by atoms with Crippen LogP contribution in [0.1, 0.15) is 25.8 Å². The molecule has 0 aromatic heterocycles. The van der Waals surface area contributed by atoms with Gasteiger partial charge in [-0.3, -0.25) is 4.99 Å². The Kier molecular flexibility index (Phi) is 4.22. The Labute approximate surface area is 110 Å². The Bertz CT molecular complexity index is 450. The fourth-order valence-electron chi connectivity index (χ4n) is 1.94. The minimum Gasteiger partial charge on any atom is -0.362 e. The van der Waals surface area contributed by atoms with Crippen molar-refractivity contribution in [3.63, 3.8) is 0 Å². The van der Waals surface area contributed by atoms with E-state index in [1.54, 1.807) is 11.8 Å². The molecule has 2 atom stereocenters. The van der Waals surface area contributed by atoms with Gasteiger partial charge in [0.05, 0.1) is 6.54 Å². The van der Waals surface area contributed by atoms with E-state index in [-0.39, 0.29) is 12.1 Å². The Balaban J connectivity index is 2.07. The monoisotopic (exact) mass is 270 g/mol. The highest BCUT2D eigenvalue weighted by molar-refractivity contribution is 8.14. The zero-order valence-corrected chi connectivity index (χ0v) is 11.2. The molecule has 1 aliphatic rings. The van der Waals surface area contributed by atoms with Gasteiger partial charge in [-0.1, -0.05) is 18.7 Å². The molecule has 1 N–H and O–H groups in total. The molecule has 0 radical (unpaired) electrons. The normalized spacial score (nSPS) is 26.1. The molecule has 2 unspecified atom stereocenters. The van der Waals surface area contributed by atoms with Crippen LogP contribution >= 0.6 is 11.8 Å². The molecule has 1 aromatic carbocycles. The summed E-state index contributed by atoms with van der Waals surface area (Å²) in [6, 6.07) is 3.82. The first-order chi connectivity index (χ1) is 8.54. The SMILES string of the molecule is CC1CC(C)SC(=NCc2cc(F)ccc2F)N1. The van der Waals surface area contributed by atoms with Crippen molar-refractivity contribution < 1.29 is 8.78 Å². The van der Waals surface area contributed by atoms with E-state index in [9.17, 15) is 8.78 Å². The van der Waals surface area contributed by atoms with Crippen molar-refractivity contribution in [1.82, 2.24) is 5.32 Å². The molecular formula is C13H16F2N2S.